The minimum absolute atomic E-state index is 0.00674. The molecular weight excluding hydrogens is 444 g/mol. The van der Waals surface area contributed by atoms with Crippen LogP contribution >= 0.6 is 0 Å². The van der Waals surface area contributed by atoms with Gasteiger partial charge in [-0.3, -0.25) is 9.59 Å². The molecule has 2 atom stereocenters. The van der Waals surface area contributed by atoms with E-state index in [9.17, 15) is 9.59 Å². The molecule has 0 radical (unpaired) electrons. The van der Waals surface area contributed by atoms with Gasteiger partial charge >= 0.3 is 0 Å². The first-order valence-electron chi connectivity index (χ1n) is 12.0. The van der Waals surface area contributed by atoms with Gasteiger partial charge in [0.2, 0.25) is 24.0 Å². The van der Waals surface area contributed by atoms with Crippen LogP contribution in [0.1, 0.15) is 48.6 Å². The van der Waals surface area contributed by atoms with Gasteiger partial charge in [-0.2, -0.15) is 4.98 Å². The number of nitrogens with one attached hydrogen (secondary N) is 1. The lowest BCUT2D eigenvalue weighted by Gasteiger charge is -2.19. The molecule has 0 aliphatic carbocycles. The van der Waals surface area contributed by atoms with E-state index in [1.54, 1.807) is 7.11 Å². The molecule has 35 heavy (non-hydrogen) atoms. The smallest absolute Gasteiger partial charge is 0.230 e. The zero-order chi connectivity index (χ0) is 24.8. The number of carbonyl (C=O) groups excluding carboxylic acids is 2. The first-order chi connectivity index (χ1) is 17.0. The molecule has 0 spiro atoms. The Morgan fingerprint density at radius 3 is 2.69 bits per heavy atom. The van der Waals surface area contributed by atoms with Gasteiger partial charge in [0.1, 0.15) is 5.75 Å². The number of methoxy groups -OCH3 is 1. The fourth-order valence-electron chi connectivity index (χ4n) is 4.52. The molecule has 4 rings (SSSR count). The minimum Gasteiger partial charge on any atom is -0.497 e. The van der Waals surface area contributed by atoms with E-state index in [2.05, 4.69) is 41.4 Å². The normalized spacial score (nSPS) is 16.4. The second kappa shape index (κ2) is 11.2. The maximum absolute atomic E-state index is 12.7. The number of nitrogens with zero attached hydrogens (tertiary/aromatic N) is 3. The van der Waals surface area contributed by atoms with E-state index in [0.29, 0.717) is 44.1 Å². The molecule has 2 aromatic carbocycles. The van der Waals surface area contributed by atoms with Gasteiger partial charge in [-0.05, 0) is 86.6 Å². The van der Waals surface area contributed by atoms with Crippen LogP contribution < -0.4 is 15.0 Å². The lowest BCUT2D eigenvalue weighted by molar-refractivity contribution is -0.117. The Morgan fingerprint density at radius 1 is 1.17 bits per heavy atom. The Morgan fingerprint density at radius 2 is 1.97 bits per heavy atom. The Hall–Kier alpha value is -3.68. The van der Waals surface area contributed by atoms with Crippen molar-refractivity contribution in [2.75, 3.05) is 25.1 Å². The summed E-state index contributed by atoms with van der Waals surface area (Å²) in [5.74, 6) is 2.25. The largest absolute Gasteiger partial charge is 0.497 e. The van der Waals surface area contributed by atoms with Crippen molar-refractivity contribution in [3.8, 4) is 17.1 Å². The molecule has 1 N–H and O–H groups in total. The zero-order valence-electron chi connectivity index (χ0n) is 20.5. The number of aromatic nitrogens is 2. The van der Waals surface area contributed by atoms with Gasteiger partial charge in [0.25, 0.3) is 0 Å². The predicted molar refractivity (Wildman–Crippen MR) is 133 cm³/mol. The second-order valence-electron chi connectivity index (χ2n) is 9.16. The topological polar surface area (TPSA) is 97.6 Å². The van der Waals surface area contributed by atoms with E-state index in [1.165, 1.54) is 11.1 Å². The molecule has 8 heteroatoms. The summed E-state index contributed by atoms with van der Waals surface area (Å²) in [7, 11) is 1.62. The summed E-state index contributed by atoms with van der Waals surface area (Å²) in [4.78, 5) is 30.0. The van der Waals surface area contributed by atoms with E-state index in [1.807, 2.05) is 35.2 Å². The molecule has 2 amide bonds. The fraction of sp³-hybridized carbons (Fsp3) is 0.407. The van der Waals surface area contributed by atoms with Crippen LogP contribution in [0.4, 0.5) is 5.69 Å². The quantitative estimate of drug-likeness (QED) is 0.325. The molecule has 1 aromatic heterocycles. The summed E-state index contributed by atoms with van der Waals surface area (Å²) in [5.41, 5.74) is 4.21. The fourth-order valence-corrected chi connectivity index (χ4v) is 4.52. The number of amides is 2. The van der Waals surface area contributed by atoms with Crippen LogP contribution in [0, 0.1) is 19.8 Å². The van der Waals surface area contributed by atoms with Crippen molar-refractivity contribution in [3.05, 3.63) is 59.5 Å². The maximum Gasteiger partial charge on any atom is 0.230 e. The molecule has 1 fully saturated rings. The number of anilines is 1. The van der Waals surface area contributed by atoms with Gasteiger partial charge in [0.05, 0.1) is 7.11 Å². The SMILES string of the molecule is COc1ccc(-c2noc(C(CCNC=O)CCC3CC(=O)N(c4ccc(C)c(C)c4)C3)n2)cc1. The lowest BCUT2D eigenvalue weighted by atomic mass is 9.92. The van der Waals surface area contributed by atoms with Crippen molar-refractivity contribution in [2.45, 2.75) is 45.4 Å². The number of aryl methyl sites for hydroxylation is 2. The third-order valence-corrected chi connectivity index (χ3v) is 6.79. The van der Waals surface area contributed by atoms with E-state index in [-0.39, 0.29) is 17.7 Å². The van der Waals surface area contributed by atoms with Crippen LogP contribution in [-0.2, 0) is 9.59 Å². The maximum atomic E-state index is 12.7. The highest BCUT2D eigenvalue weighted by molar-refractivity contribution is 5.95. The molecule has 1 aliphatic rings. The van der Waals surface area contributed by atoms with Gasteiger partial charge < -0.3 is 19.5 Å². The highest BCUT2D eigenvalue weighted by Gasteiger charge is 2.31. The number of rotatable bonds is 11. The average Bonchev–Trinajstić information content (AvgIpc) is 3.50. The number of hydrogen-bond donors (Lipinski definition) is 1. The van der Waals surface area contributed by atoms with Gasteiger partial charge in [-0.15, -0.1) is 0 Å². The molecule has 1 saturated heterocycles. The molecule has 1 aliphatic heterocycles. The Labute approximate surface area is 205 Å². The van der Waals surface area contributed by atoms with Crippen molar-refractivity contribution >= 4 is 18.0 Å². The molecule has 0 saturated carbocycles. The summed E-state index contributed by atoms with van der Waals surface area (Å²) in [6.07, 6.45) is 3.57. The summed E-state index contributed by atoms with van der Waals surface area (Å²) in [5, 5.41) is 6.90. The Bertz CT molecular complexity index is 1160. The molecular formula is C27H32N4O4. The molecule has 0 bridgehead atoms. The average molecular weight is 477 g/mol. The van der Waals surface area contributed by atoms with Gasteiger partial charge in [0, 0.05) is 36.7 Å². The Kier molecular flexibility index (Phi) is 7.80. The molecule has 2 unspecified atom stereocenters. The van der Waals surface area contributed by atoms with Crippen molar-refractivity contribution in [1.29, 1.82) is 0 Å². The first-order valence-corrected chi connectivity index (χ1v) is 12.0. The van der Waals surface area contributed by atoms with Crippen molar-refractivity contribution in [2.24, 2.45) is 5.92 Å². The van der Waals surface area contributed by atoms with Crippen LogP contribution in [0.25, 0.3) is 11.4 Å². The van der Waals surface area contributed by atoms with E-state index in [0.717, 1.165) is 29.8 Å². The highest BCUT2D eigenvalue weighted by atomic mass is 16.5. The summed E-state index contributed by atoms with van der Waals surface area (Å²) < 4.78 is 10.8. The molecule has 184 valence electrons. The van der Waals surface area contributed by atoms with Crippen LogP contribution in [-0.4, -0.2) is 42.7 Å². The molecule has 2 heterocycles. The van der Waals surface area contributed by atoms with E-state index in [4.69, 9.17) is 9.26 Å². The summed E-state index contributed by atoms with van der Waals surface area (Å²) in [6.45, 7) is 5.37. The van der Waals surface area contributed by atoms with Gasteiger partial charge in [-0.25, -0.2) is 0 Å². The highest BCUT2D eigenvalue weighted by Crippen LogP contribution is 2.33. The Balaban J connectivity index is 1.42. The predicted octanol–water partition coefficient (Wildman–Crippen LogP) is 4.42. The van der Waals surface area contributed by atoms with Crippen LogP contribution in [0.2, 0.25) is 0 Å². The minimum atomic E-state index is -0.00674. The van der Waals surface area contributed by atoms with E-state index >= 15 is 0 Å². The van der Waals surface area contributed by atoms with Crippen molar-refractivity contribution < 1.29 is 18.8 Å². The second-order valence-corrected chi connectivity index (χ2v) is 9.16. The summed E-state index contributed by atoms with van der Waals surface area (Å²) >= 11 is 0. The standard InChI is InChI=1S/C27H32N4O4/c1-18-4-9-23(14-19(18)2)31-16-20(15-25(31)33)5-6-22(12-13-28-17-32)27-29-26(30-35-27)21-7-10-24(34-3)11-8-21/h4,7-11,14,17,20,22H,5-6,12-13,15-16H2,1-3H3,(H,28,32). The lowest BCUT2D eigenvalue weighted by Crippen LogP contribution is -2.24. The zero-order valence-corrected chi connectivity index (χ0v) is 20.5. The number of carbonyl (C=O) groups is 2. The monoisotopic (exact) mass is 476 g/mol. The van der Waals surface area contributed by atoms with Crippen LogP contribution in [0.5, 0.6) is 5.75 Å². The molecule has 3 aromatic rings. The first kappa shape index (κ1) is 24.4. The van der Waals surface area contributed by atoms with Gasteiger partial charge in [-0.1, -0.05) is 11.2 Å². The van der Waals surface area contributed by atoms with Crippen molar-refractivity contribution in [1.82, 2.24) is 15.5 Å². The van der Waals surface area contributed by atoms with Gasteiger partial charge in [0.15, 0.2) is 0 Å². The third-order valence-electron chi connectivity index (χ3n) is 6.79. The number of ether oxygens (including phenoxy) is 1. The van der Waals surface area contributed by atoms with E-state index < -0.39 is 0 Å². The number of hydrogen-bond acceptors (Lipinski definition) is 6. The third kappa shape index (κ3) is 5.88. The number of benzene rings is 2. The van der Waals surface area contributed by atoms with Crippen LogP contribution in [0.15, 0.2) is 47.0 Å². The van der Waals surface area contributed by atoms with Crippen molar-refractivity contribution in [3.63, 3.8) is 0 Å². The summed E-state index contributed by atoms with van der Waals surface area (Å²) in [6, 6.07) is 13.7. The molecule has 8 nitrogen and oxygen atoms in total. The van der Waals surface area contributed by atoms with Crippen LogP contribution in [0.3, 0.4) is 0 Å².